The maximum atomic E-state index is 7.38. The number of hydrogen-bond acceptors (Lipinski definition) is 5. The summed E-state index contributed by atoms with van der Waals surface area (Å²) in [5.74, 6) is 2.33. The van der Waals surface area contributed by atoms with Gasteiger partial charge >= 0.3 is 0 Å². The fraction of sp³-hybridized carbons (Fsp3) is 0.318. The van der Waals surface area contributed by atoms with Gasteiger partial charge in [-0.2, -0.15) is 0 Å². The van der Waals surface area contributed by atoms with Crippen molar-refractivity contribution in [2.45, 2.75) is 12.8 Å². The van der Waals surface area contributed by atoms with E-state index in [1.54, 1.807) is 31.3 Å². The lowest BCUT2D eigenvalue weighted by atomic mass is 10.2. The molecular formula is C22H31N7O2. The molecule has 31 heavy (non-hydrogen) atoms. The molecule has 0 aliphatic carbocycles. The van der Waals surface area contributed by atoms with Crippen molar-refractivity contribution in [1.29, 1.82) is 10.8 Å². The summed E-state index contributed by atoms with van der Waals surface area (Å²) in [7, 11) is 1.73. The lowest BCUT2D eigenvalue weighted by molar-refractivity contribution is 0.309. The van der Waals surface area contributed by atoms with Crippen molar-refractivity contribution >= 4 is 17.6 Å². The fourth-order valence-corrected chi connectivity index (χ4v) is 2.62. The minimum absolute atomic E-state index is 0.0458. The number of aliphatic imine (C=N–C) groups is 1. The SMILES string of the molecule is CN=C(NCCCOc1ccc(C(=N)N)cc1)NCCCOc1ccc(C(=N)N)cc1. The molecule has 0 aromatic heterocycles. The molecule has 166 valence electrons. The van der Waals surface area contributed by atoms with Crippen molar-refractivity contribution < 1.29 is 9.47 Å². The molecule has 0 saturated heterocycles. The molecule has 8 N–H and O–H groups in total. The highest BCUT2D eigenvalue weighted by molar-refractivity contribution is 5.95. The first kappa shape index (κ1) is 23.5. The van der Waals surface area contributed by atoms with Gasteiger partial charge in [0, 0.05) is 31.3 Å². The molecule has 0 bridgehead atoms. The van der Waals surface area contributed by atoms with Crippen LogP contribution >= 0.6 is 0 Å². The summed E-state index contributed by atoms with van der Waals surface area (Å²) in [4.78, 5) is 4.20. The molecule has 9 heteroatoms. The maximum absolute atomic E-state index is 7.38. The van der Waals surface area contributed by atoms with E-state index < -0.39 is 0 Å². The Morgan fingerprint density at radius 3 is 1.48 bits per heavy atom. The standard InChI is InChI=1S/C22H31N7O2/c1-27-22(28-12-2-14-30-18-8-4-16(5-9-18)20(23)24)29-13-3-15-31-19-10-6-17(7-11-19)21(25)26/h4-11H,2-3,12-15H2,1H3,(H3,23,24)(H3,25,26)(H2,27,28,29). The van der Waals surface area contributed by atoms with E-state index in [1.165, 1.54) is 0 Å². The zero-order chi connectivity index (χ0) is 22.5. The van der Waals surface area contributed by atoms with Gasteiger partial charge in [-0.15, -0.1) is 0 Å². The molecule has 2 aromatic rings. The Labute approximate surface area is 182 Å². The predicted octanol–water partition coefficient (Wildman–Crippen LogP) is 1.66. The number of nitrogen functional groups attached to an aromatic ring is 2. The Morgan fingerprint density at radius 1 is 0.774 bits per heavy atom. The second-order valence-electron chi connectivity index (χ2n) is 6.71. The van der Waals surface area contributed by atoms with Gasteiger partial charge in [-0.3, -0.25) is 15.8 Å². The van der Waals surface area contributed by atoms with E-state index in [9.17, 15) is 0 Å². The average Bonchev–Trinajstić information content (AvgIpc) is 2.77. The highest BCUT2D eigenvalue weighted by Gasteiger charge is 2.01. The Bertz CT molecular complexity index is 795. The van der Waals surface area contributed by atoms with E-state index in [0.29, 0.717) is 24.3 Å². The highest BCUT2D eigenvalue weighted by atomic mass is 16.5. The van der Waals surface area contributed by atoms with Crippen LogP contribution in [0.4, 0.5) is 0 Å². The normalized spacial score (nSPS) is 10.1. The van der Waals surface area contributed by atoms with Gasteiger partial charge < -0.3 is 31.6 Å². The Hall–Kier alpha value is -3.75. The Kier molecular flexibility index (Phi) is 9.67. The van der Waals surface area contributed by atoms with Crippen molar-refractivity contribution in [1.82, 2.24) is 10.6 Å². The first-order valence-corrected chi connectivity index (χ1v) is 10.1. The van der Waals surface area contributed by atoms with Crippen LogP contribution in [0, 0.1) is 10.8 Å². The lowest BCUT2D eigenvalue weighted by Crippen LogP contribution is -2.38. The van der Waals surface area contributed by atoms with Crippen molar-refractivity contribution in [2.24, 2.45) is 16.5 Å². The average molecular weight is 426 g/mol. The van der Waals surface area contributed by atoms with Crippen LogP contribution in [0.5, 0.6) is 11.5 Å². The summed E-state index contributed by atoms with van der Waals surface area (Å²) in [6.07, 6.45) is 1.63. The molecule has 0 heterocycles. The van der Waals surface area contributed by atoms with Crippen molar-refractivity contribution in [2.75, 3.05) is 33.4 Å². The fourth-order valence-electron chi connectivity index (χ4n) is 2.62. The minimum atomic E-state index is 0.0458. The Balaban J connectivity index is 1.54. The molecular weight excluding hydrogens is 394 g/mol. The van der Waals surface area contributed by atoms with Gasteiger partial charge in [-0.1, -0.05) is 0 Å². The number of nitrogens with one attached hydrogen (secondary N) is 4. The van der Waals surface area contributed by atoms with Crippen LogP contribution in [0.3, 0.4) is 0 Å². The van der Waals surface area contributed by atoms with Gasteiger partial charge in [0.05, 0.1) is 13.2 Å². The quantitative estimate of drug-likeness (QED) is 0.173. The van der Waals surface area contributed by atoms with E-state index in [0.717, 1.165) is 43.4 Å². The third-order valence-corrected chi connectivity index (χ3v) is 4.32. The van der Waals surface area contributed by atoms with Gasteiger partial charge in [-0.05, 0) is 61.4 Å². The summed E-state index contributed by atoms with van der Waals surface area (Å²) in [6.45, 7) is 2.59. The number of nitrogens with zero attached hydrogens (tertiary/aromatic N) is 1. The van der Waals surface area contributed by atoms with Crippen LogP contribution in [-0.2, 0) is 0 Å². The molecule has 0 atom stereocenters. The van der Waals surface area contributed by atoms with Crippen LogP contribution in [0.25, 0.3) is 0 Å². The van der Waals surface area contributed by atoms with E-state index in [1.807, 2.05) is 24.3 Å². The Morgan fingerprint density at radius 2 is 1.16 bits per heavy atom. The number of benzene rings is 2. The second-order valence-corrected chi connectivity index (χ2v) is 6.71. The largest absolute Gasteiger partial charge is 0.494 e. The van der Waals surface area contributed by atoms with E-state index in [-0.39, 0.29) is 11.7 Å². The first-order valence-electron chi connectivity index (χ1n) is 10.1. The summed E-state index contributed by atoms with van der Waals surface area (Å²) >= 11 is 0. The van der Waals surface area contributed by atoms with E-state index >= 15 is 0 Å². The third kappa shape index (κ3) is 8.65. The number of nitrogens with two attached hydrogens (primary N) is 2. The molecule has 0 aliphatic heterocycles. The number of guanidine groups is 1. The summed E-state index contributed by atoms with van der Waals surface area (Å²) in [5, 5.41) is 21.3. The smallest absolute Gasteiger partial charge is 0.190 e. The van der Waals surface area contributed by atoms with E-state index in [4.69, 9.17) is 31.8 Å². The van der Waals surface area contributed by atoms with Crippen molar-refractivity contribution in [3.63, 3.8) is 0 Å². The van der Waals surface area contributed by atoms with Crippen LogP contribution in [0.15, 0.2) is 53.5 Å². The predicted molar refractivity (Wildman–Crippen MR) is 125 cm³/mol. The number of hydrogen-bond donors (Lipinski definition) is 6. The highest BCUT2D eigenvalue weighted by Crippen LogP contribution is 2.12. The zero-order valence-electron chi connectivity index (χ0n) is 17.8. The van der Waals surface area contributed by atoms with Crippen molar-refractivity contribution in [3.05, 3.63) is 59.7 Å². The monoisotopic (exact) mass is 425 g/mol. The lowest BCUT2D eigenvalue weighted by Gasteiger charge is -2.13. The van der Waals surface area contributed by atoms with Gasteiger partial charge in [0.25, 0.3) is 0 Å². The summed E-state index contributed by atoms with van der Waals surface area (Å²) in [5.41, 5.74) is 12.2. The van der Waals surface area contributed by atoms with Gasteiger partial charge in [0.2, 0.25) is 0 Å². The van der Waals surface area contributed by atoms with Crippen LogP contribution in [0.2, 0.25) is 0 Å². The summed E-state index contributed by atoms with van der Waals surface area (Å²) < 4.78 is 11.4. The molecule has 0 spiro atoms. The molecule has 9 nitrogen and oxygen atoms in total. The third-order valence-electron chi connectivity index (χ3n) is 4.32. The molecule has 0 amide bonds. The topological polar surface area (TPSA) is 155 Å². The molecule has 0 aliphatic rings. The van der Waals surface area contributed by atoms with Gasteiger partial charge in [0.15, 0.2) is 5.96 Å². The summed E-state index contributed by atoms with van der Waals surface area (Å²) in [6, 6.07) is 14.3. The van der Waals surface area contributed by atoms with Crippen LogP contribution in [0.1, 0.15) is 24.0 Å². The number of ether oxygens (including phenoxy) is 2. The molecule has 2 rings (SSSR count). The molecule has 0 saturated carbocycles. The zero-order valence-corrected chi connectivity index (χ0v) is 17.8. The van der Waals surface area contributed by atoms with Crippen LogP contribution in [-0.4, -0.2) is 51.0 Å². The molecule has 0 fully saturated rings. The van der Waals surface area contributed by atoms with Crippen molar-refractivity contribution in [3.8, 4) is 11.5 Å². The maximum Gasteiger partial charge on any atom is 0.190 e. The minimum Gasteiger partial charge on any atom is -0.494 e. The molecule has 0 radical (unpaired) electrons. The molecule has 0 unspecified atom stereocenters. The van der Waals surface area contributed by atoms with Crippen LogP contribution < -0.4 is 31.6 Å². The second kappa shape index (κ2) is 12.7. The number of amidine groups is 2. The first-order chi connectivity index (χ1) is 15.0. The van der Waals surface area contributed by atoms with E-state index in [2.05, 4.69) is 15.6 Å². The van der Waals surface area contributed by atoms with Gasteiger partial charge in [0.1, 0.15) is 23.2 Å². The molecule has 2 aromatic carbocycles. The van der Waals surface area contributed by atoms with Gasteiger partial charge in [-0.25, -0.2) is 0 Å². The number of rotatable bonds is 12.